The van der Waals surface area contributed by atoms with Crippen LogP contribution >= 0.6 is 0 Å². The van der Waals surface area contributed by atoms with Gasteiger partial charge in [-0.25, -0.2) is 0 Å². The van der Waals surface area contributed by atoms with Crippen LogP contribution in [0.15, 0.2) is 0 Å². The fourth-order valence-corrected chi connectivity index (χ4v) is 3.09. The highest BCUT2D eigenvalue weighted by atomic mass is 16.5. The van der Waals surface area contributed by atoms with E-state index in [2.05, 4.69) is 26.1 Å². The van der Waals surface area contributed by atoms with Crippen LogP contribution in [0, 0.1) is 11.8 Å². The van der Waals surface area contributed by atoms with Crippen molar-refractivity contribution in [1.82, 2.24) is 5.32 Å². The van der Waals surface area contributed by atoms with Crippen molar-refractivity contribution in [3.63, 3.8) is 0 Å². The van der Waals surface area contributed by atoms with Crippen LogP contribution in [0.2, 0.25) is 0 Å². The van der Waals surface area contributed by atoms with Gasteiger partial charge in [-0.15, -0.1) is 0 Å². The summed E-state index contributed by atoms with van der Waals surface area (Å²) in [6.45, 7) is 9.81. The molecular weight excluding hydrogens is 226 g/mol. The smallest absolute Gasteiger partial charge is 0.326 e. The summed E-state index contributed by atoms with van der Waals surface area (Å²) in [5.41, 5.74) is -0.422. The molecule has 2 unspecified atom stereocenters. The minimum absolute atomic E-state index is 0.0451. The molecule has 0 spiro atoms. The first kappa shape index (κ1) is 15.5. The van der Waals surface area contributed by atoms with E-state index < -0.39 is 5.54 Å². The molecule has 1 saturated carbocycles. The molecule has 3 nitrogen and oxygen atoms in total. The highest BCUT2D eigenvalue weighted by molar-refractivity contribution is 5.80. The lowest BCUT2D eigenvalue weighted by molar-refractivity contribution is -0.152. The first-order chi connectivity index (χ1) is 8.55. The highest BCUT2D eigenvalue weighted by Crippen LogP contribution is 2.34. The van der Waals surface area contributed by atoms with Crippen molar-refractivity contribution in [2.45, 2.75) is 65.3 Å². The fraction of sp³-hybridized carbons (Fsp3) is 0.933. The number of carbonyl (C=O) groups is 1. The Morgan fingerprint density at radius 2 is 2.06 bits per heavy atom. The first-order valence-electron chi connectivity index (χ1n) is 7.48. The average Bonchev–Trinajstić information content (AvgIpc) is 2.53. The second kappa shape index (κ2) is 7.13. The summed E-state index contributed by atoms with van der Waals surface area (Å²) in [5, 5.41) is 3.41. The van der Waals surface area contributed by atoms with Gasteiger partial charge in [0, 0.05) is 0 Å². The van der Waals surface area contributed by atoms with Crippen molar-refractivity contribution in [3.8, 4) is 0 Å². The van der Waals surface area contributed by atoms with Crippen molar-refractivity contribution >= 4 is 5.97 Å². The van der Waals surface area contributed by atoms with Gasteiger partial charge in [0.25, 0.3) is 0 Å². The molecule has 1 N–H and O–H groups in total. The third-order valence-electron chi connectivity index (χ3n) is 4.24. The minimum atomic E-state index is -0.422. The Balaban J connectivity index is 2.75. The molecule has 1 fully saturated rings. The molecule has 0 aromatic carbocycles. The summed E-state index contributed by atoms with van der Waals surface area (Å²) < 4.78 is 5.29. The molecule has 106 valence electrons. The molecule has 0 aromatic rings. The van der Waals surface area contributed by atoms with Crippen molar-refractivity contribution in [1.29, 1.82) is 0 Å². The SMILES string of the molecule is CCNC1(C(=O)OCC)CCCC(C(C)C)CC1. The summed E-state index contributed by atoms with van der Waals surface area (Å²) in [4.78, 5) is 12.3. The Morgan fingerprint density at radius 3 is 2.61 bits per heavy atom. The van der Waals surface area contributed by atoms with Crippen molar-refractivity contribution < 1.29 is 9.53 Å². The second-order valence-corrected chi connectivity index (χ2v) is 5.77. The zero-order valence-electron chi connectivity index (χ0n) is 12.4. The van der Waals surface area contributed by atoms with Gasteiger partial charge >= 0.3 is 5.97 Å². The van der Waals surface area contributed by atoms with Crippen molar-refractivity contribution in [2.75, 3.05) is 13.2 Å². The Morgan fingerprint density at radius 1 is 1.33 bits per heavy atom. The van der Waals surface area contributed by atoms with E-state index in [1.54, 1.807) is 0 Å². The van der Waals surface area contributed by atoms with Gasteiger partial charge in [-0.1, -0.05) is 33.6 Å². The van der Waals surface area contributed by atoms with Crippen molar-refractivity contribution in [3.05, 3.63) is 0 Å². The van der Waals surface area contributed by atoms with Crippen LogP contribution in [-0.2, 0) is 9.53 Å². The van der Waals surface area contributed by atoms with Gasteiger partial charge in [0.15, 0.2) is 0 Å². The highest BCUT2D eigenvalue weighted by Gasteiger charge is 2.40. The van der Waals surface area contributed by atoms with Gasteiger partial charge in [0.2, 0.25) is 0 Å². The lowest BCUT2D eigenvalue weighted by Crippen LogP contribution is -2.52. The van der Waals surface area contributed by atoms with Gasteiger partial charge in [-0.05, 0) is 44.6 Å². The molecule has 0 aromatic heterocycles. The van der Waals surface area contributed by atoms with E-state index in [0.717, 1.165) is 38.1 Å². The third kappa shape index (κ3) is 3.71. The number of ether oxygens (including phenoxy) is 1. The summed E-state index contributed by atoms with van der Waals surface area (Å²) in [5.74, 6) is 1.42. The van der Waals surface area contributed by atoms with Crippen LogP contribution in [0.5, 0.6) is 0 Å². The molecule has 2 atom stereocenters. The molecule has 0 bridgehead atoms. The van der Waals surface area contributed by atoms with E-state index >= 15 is 0 Å². The van der Waals surface area contributed by atoms with E-state index in [1.807, 2.05) is 6.92 Å². The Labute approximate surface area is 112 Å². The number of nitrogens with one attached hydrogen (secondary N) is 1. The molecule has 1 aliphatic rings. The van der Waals surface area contributed by atoms with Gasteiger partial charge in [0.05, 0.1) is 6.61 Å². The van der Waals surface area contributed by atoms with Gasteiger partial charge in [-0.3, -0.25) is 4.79 Å². The third-order valence-corrected chi connectivity index (χ3v) is 4.24. The summed E-state index contributed by atoms with van der Waals surface area (Å²) in [6.07, 6.45) is 5.33. The second-order valence-electron chi connectivity index (χ2n) is 5.77. The zero-order valence-corrected chi connectivity index (χ0v) is 12.4. The summed E-state index contributed by atoms with van der Waals surface area (Å²) in [6, 6.07) is 0. The van der Waals surface area contributed by atoms with E-state index in [0.29, 0.717) is 12.5 Å². The van der Waals surface area contributed by atoms with Gasteiger partial charge in [0.1, 0.15) is 5.54 Å². The van der Waals surface area contributed by atoms with E-state index in [1.165, 1.54) is 6.42 Å². The molecule has 3 heteroatoms. The molecule has 1 rings (SSSR count). The number of hydrogen-bond acceptors (Lipinski definition) is 3. The first-order valence-corrected chi connectivity index (χ1v) is 7.48. The molecule has 0 heterocycles. The summed E-state index contributed by atoms with van der Waals surface area (Å²) in [7, 11) is 0. The van der Waals surface area contributed by atoms with E-state index in [-0.39, 0.29) is 5.97 Å². The Bertz CT molecular complexity index is 265. The van der Waals surface area contributed by atoms with Gasteiger partial charge < -0.3 is 10.1 Å². The maximum atomic E-state index is 12.3. The standard InChI is InChI=1S/C15H29NO2/c1-5-16-15(14(17)18-6-2)10-7-8-13(9-11-15)12(3)4/h12-13,16H,5-11H2,1-4H3. The zero-order chi connectivity index (χ0) is 13.6. The quantitative estimate of drug-likeness (QED) is 0.606. The van der Waals surface area contributed by atoms with Crippen LogP contribution < -0.4 is 5.32 Å². The predicted octanol–water partition coefficient (Wildman–Crippen LogP) is 3.13. The molecule has 18 heavy (non-hydrogen) atoms. The topological polar surface area (TPSA) is 38.3 Å². The van der Waals surface area contributed by atoms with Crippen molar-refractivity contribution in [2.24, 2.45) is 11.8 Å². The fourth-order valence-electron chi connectivity index (χ4n) is 3.09. The number of likely N-dealkylation sites (N-methyl/N-ethyl adjacent to an activating group) is 1. The minimum Gasteiger partial charge on any atom is -0.465 e. The van der Waals surface area contributed by atoms with E-state index in [9.17, 15) is 4.79 Å². The van der Waals surface area contributed by atoms with Gasteiger partial charge in [-0.2, -0.15) is 0 Å². The molecule has 1 aliphatic carbocycles. The average molecular weight is 255 g/mol. The Kier molecular flexibility index (Phi) is 6.13. The Hall–Kier alpha value is -0.570. The molecule has 0 aliphatic heterocycles. The van der Waals surface area contributed by atoms with Crippen LogP contribution in [0.4, 0.5) is 0 Å². The monoisotopic (exact) mass is 255 g/mol. The molecule has 0 amide bonds. The van der Waals surface area contributed by atoms with E-state index in [4.69, 9.17) is 4.74 Å². The lowest BCUT2D eigenvalue weighted by atomic mass is 9.86. The summed E-state index contributed by atoms with van der Waals surface area (Å²) >= 11 is 0. The van der Waals surface area contributed by atoms with Crippen LogP contribution in [-0.4, -0.2) is 24.7 Å². The predicted molar refractivity (Wildman–Crippen MR) is 74.5 cm³/mol. The molecule has 0 saturated heterocycles. The van der Waals surface area contributed by atoms with Crippen LogP contribution in [0.1, 0.15) is 59.8 Å². The maximum absolute atomic E-state index is 12.3. The largest absolute Gasteiger partial charge is 0.465 e. The maximum Gasteiger partial charge on any atom is 0.326 e. The molecular formula is C15H29NO2. The number of hydrogen-bond donors (Lipinski definition) is 1. The molecule has 0 radical (unpaired) electrons. The van der Waals surface area contributed by atoms with Crippen LogP contribution in [0.3, 0.4) is 0 Å². The number of esters is 1. The number of rotatable bonds is 5. The van der Waals surface area contributed by atoms with Crippen LogP contribution in [0.25, 0.3) is 0 Å². The lowest BCUT2D eigenvalue weighted by Gasteiger charge is -2.31. The normalized spacial score (nSPS) is 29.1. The number of carbonyl (C=O) groups excluding carboxylic acids is 1.